The summed E-state index contributed by atoms with van der Waals surface area (Å²) in [5.74, 6) is -1.04. The lowest BCUT2D eigenvalue weighted by Gasteiger charge is -2.09. The van der Waals surface area contributed by atoms with E-state index in [9.17, 15) is 4.79 Å². The summed E-state index contributed by atoms with van der Waals surface area (Å²) in [6, 6.07) is -0.857. The first-order valence-electron chi connectivity index (χ1n) is 3.44. The summed E-state index contributed by atoms with van der Waals surface area (Å²) in [5, 5.41) is 8.45. The largest absolute Gasteiger partial charge is 0.480 e. The molecule has 0 spiro atoms. The minimum Gasteiger partial charge on any atom is -0.480 e. The zero-order valence-electron chi connectivity index (χ0n) is 6.63. The fourth-order valence-electron chi connectivity index (χ4n) is 0.784. The van der Waals surface area contributed by atoms with Crippen molar-refractivity contribution in [1.82, 2.24) is 0 Å². The molecule has 0 heterocycles. The number of carboxylic acid groups (broad SMARTS) is 1. The molecule has 12 heavy (non-hydrogen) atoms. The lowest BCUT2D eigenvalue weighted by molar-refractivity contribution is -0.138. The van der Waals surface area contributed by atoms with Gasteiger partial charge in [0, 0.05) is 0 Å². The Hall–Kier alpha value is -0.250. The normalized spacial score (nSPS) is 15.0. The number of hydrogen-bond donors (Lipinski definition) is 2. The molecule has 0 aliphatic rings. The molecule has 2 atom stereocenters. The van der Waals surface area contributed by atoms with Gasteiger partial charge in [-0.05, 0) is 12.3 Å². The highest BCUT2D eigenvalue weighted by molar-refractivity contribution is 6.55. The second-order valence-corrected chi connectivity index (χ2v) is 3.62. The van der Waals surface area contributed by atoms with Gasteiger partial charge >= 0.3 is 5.97 Å². The molecule has 70 valence electrons. The van der Waals surface area contributed by atoms with E-state index in [4.69, 9.17) is 34.0 Å². The Balaban J connectivity index is 3.92. The Morgan fingerprint density at radius 1 is 1.67 bits per heavy atom. The fraction of sp³-hybridized carbons (Fsp3) is 0.571. The summed E-state index contributed by atoms with van der Waals surface area (Å²) in [6.07, 6.45) is 1.89. The summed E-state index contributed by atoms with van der Waals surface area (Å²) >= 11 is 10.7. The highest BCUT2D eigenvalue weighted by atomic mass is 35.5. The Kier molecular flexibility index (Phi) is 5.29. The average molecular weight is 212 g/mol. The number of aliphatic carboxylic acids is 1. The highest BCUT2D eigenvalue weighted by Gasteiger charge is 2.14. The molecule has 0 aliphatic heterocycles. The van der Waals surface area contributed by atoms with E-state index in [1.54, 1.807) is 13.0 Å². The van der Waals surface area contributed by atoms with Gasteiger partial charge in [-0.2, -0.15) is 0 Å². The van der Waals surface area contributed by atoms with Crippen molar-refractivity contribution in [2.45, 2.75) is 19.4 Å². The van der Waals surface area contributed by atoms with E-state index in [0.717, 1.165) is 0 Å². The van der Waals surface area contributed by atoms with E-state index in [2.05, 4.69) is 0 Å². The molecule has 0 saturated heterocycles. The summed E-state index contributed by atoms with van der Waals surface area (Å²) in [6.45, 7) is 1.80. The van der Waals surface area contributed by atoms with Crippen LogP contribution in [-0.4, -0.2) is 17.1 Å². The number of rotatable bonds is 4. The van der Waals surface area contributed by atoms with Crippen LogP contribution >= 0.6 is 23.2 Å². The van der Waals surface area contributed by atoms with Crippen LogP contribution in [0.3, 0.4) is 0 Å². The van der Waals surface area contributed by atoms with Crippen LogP contribution in [-0.2, 0) is 4.79 Å². The highest BCUT2D eigenvalue weighted by Crippen LogP contribution is 2.14. The van der Waals surface area contributed by atoms with Gasteiger partial charge in [-0.3, -0.25) is 4.79 Å². The number of hydrogen-bond acceptors (Lipinski definition) is 2. The molecule has 0 saturated carbocycles. The fourth-order valence-corrected chi connectivity index (χ4v) is 1.21. The molecule has 3 nitrogen and oxygen atoms in total. The van der Waals surface area contributed by atoms with Crippen molar-refractivity contribution in [2.24, 2.45) is 11.7 Å². The van der Waals surface area contributed by atoms with Gasteiger partial charge in [0.15, 0.2) is 0 Å². The SMILES string of the molecule is C[C@H](C=C(Cl)Cl)C[C@H](N)C(=O)O. The molecule has 0 unspecified atom stereocenters. The lowest BCUT2D eigenvalue weighted by atomic mass is 10.0. The number of carbonyl (C=O) groups is 1. The predicted molar refractivity (Wildman–Crippen MR) is 49.2 cm³/mol. The first-order valence-corrected chi connectivity index (χ1v) is 4.20. The molecular weight excluding hydrogens is 201 g/mol. The summed E-state index contributed by atoms with van der Waals surface area (Å²) < 4.78 is 0.139. The van der Waals surface area contributed by atoms with Crippen molar-refractivity contribution < 1.29 is 9.90 Å². The van der Waals surface area contributed by atoms with E-state index >= 15 is 0 Å². The average Bonchev–Trinajstić information content (AvgIpc) is 1.84. The van der Waals surface area contributed by atoms with Crippen molar-refractivity contribution in [3.63, 3.8) is 0 Å². The molecule has 0 radical (unpaired) electrons. The lowest BCUT2D eigenvalue weighted by Crippen LogP contribution is -2.31. The van der Waals surface area contributed by atoms with Crippen LogP contribution in [0.5, 0.6) is 0 Å². The zero-order valence-corrected chi connectivity index (χ0v) is 8.14. The Morgan fingerprint density at radius 3 is 2.50 bits per heavy atom. The molecule has 5 heteroatoms. The third-order valence-corrected chi connectivity index (χ3v) is 1.61. The first-order chi connectivity index (χ1) is 5.43. The summed E-state index contributed by atoms with van der Waals surface area (Å²) in [5.41, 5.74) is 5.28. The summed E-state index contributed by atoms with van der Waals surface area (Å²) in [4.78, 5) is 10.3. The molecule has 0 bridgehead atoms. The Morgan fingerprint density at radius 2 is 2.17 bits per heavy atom. The van der Waals surface area contributed by atoms with Gasteiger partial charge in [0.05, 0.1) is 0 Å². The van der Waals surface area contributed by atoms with Crippen LogP contribution < -0.4 is 5.73 Å². The van der Waals surface area contributed by atoms with Crippen molar-refractivity contribution in [2.75, 3.05) is 0 Å². The molecule has 0 aromatic rings. The van der Waals surface area contributed by atoms with Crippen LogP contribution in [0.1, 0.15) is 13.3 Å². The molecule has 3 N–H and O–H groups in total. The second kappa shape index (κ2) is 5.41. The number of nitrogens with two attached hydrogens (primary N) is 1. The van der Waals surface area contributed by atoms with Gasteiger partial charge in [0.2, 0.25) is 0 Å². The third-order valence-electron chi connectivity index (χ3n) is 1.35. The molecular formula is C7H11Cl2NO2. The van der Waals surface area contributed by atoms with Crippen LogP contribution in [0, 0.1) is 5.92 Å². The molecule has 0 aliphatic carbocycles. The van der Waals surface area contributed by atoms with Crippen LogP contribution in [0.4, 0.5) is 0 Å². The number of carboxylic acids is 1. The number of allylic oxidation sites excluding steroid dienone is 1. The quantitative estimate of drug-likeness (QED) is 0.745. The van der Waals surface area contributed by atoms with Gasteiger partial charge < -0.3 is 10.8 Å². The van der Waals surface area contributed by atoms with E-state index < -0.39 is 12.0 Å². The Bertz CT molecular complexity index is 190. The van der Waals surface area contributed by atoms with Crippen molar-refractivity contribution in [3.05, 3.63) is 10.6 Å². The van der Waals surface area contributed by atoms with Gasteiger partial charge in [0.25, 0.3) is 0 Å². The van der Waals surface area contributed by atoms with Crippen LogP contribution in [0.25, 0.3) is 0 Å². The van der Waals surface area contributed by atoms with E-state index in [1.807, 2.05) is 0 Å². The molecule has 0 rings (SSSR count). The van der Waals surface area contributed by atoms with Crippen LogP contribution in [0.2, 0.25) is 0 Å². The third kappa shape index (κ3) is 5.41. The minimum absolute atomic E-state index is 0.0268. The first kappa shape index (κ1) is 11.8. The van der Waals surface area contributed by atoms with Gasteiger partial charge in [-0.15, -0.1) is 0 Å². The monoisotopic (exact) mass is 211 g/mol. The van der Waals surface area contributed by atoms with Gasteiger partial charge in [0.1, 0.15) is 10.5 Å². The maximum absolute atomic E-state index is 10.3. The van der Waals surface area contributed by atoms with Crippen molar-refractivity contribution in [1.29, 1.82) is 0 Å². The van der Waals surface area contributed by atoms with Crippen molar-refractivity contribution >= 4 is 29.2 Å². The topological polar surface area (TPSA) is 63.3 Å². The zero-order chi connectivity index (χ0) is 9.72. The molecule has 0 aromatic heterocycles. The standard InChI is InChI=1S/C7H11Cl2NO2/c1-4(3-6(8)9)2-5(10)7(11)12/h3-5H,2,10H2,1H3,(H,11,12)/t4-,5-/m0/s1. The van der Waals surface area contributed by atoms with Gasteiger partial charge in [-0.25, -0.2) is 0 Å². The van der Waals surface area contributed by atoms with Gasteiger partial charge in [-0.1, -0.05) is 36.2 Å². The molecule has 0 fully saturated rings. The van der Waals surface area contributed by atoms with E-state index in [0.29, 0.717) is 6.42 Å². The predicted octanol–water partition coefficient (Wildman–Crippen LogP) is 1.74. The Labute approximate surface area is 81.1 Å². The minimum atomic E-state index is -1.01. The van der Waals surface area contributed by atoms with E-state index in [1.165, 1.54) is 0 Å². The van der Waals surface area contributed by atoms with E-state index in [-0.39, 0.29) is 10.4 Å². The molecule has 0 amide bonds. The number of halogens is 2. The molecule has 0 aromatic carbocycles. The second-order valence-electron chi connectivity index (χ2n) is 2.61. The smallest absolute Gasteiger partial charge is 0.320 e. The van der Waals surface area contributed by atoms with Crippen LogP contribution in [0.15, 0.2) is 10.6 Å². The maximum Gasteiger partial charge on any atom is 0.320 e. The summed E-state index contributed by atoms with van der Waals surface area (Å²) in [7, 11) is 0. The maximum atomic E-state index is 10.3. The van der Waals surface area contributed by atoms with Crippen molar-refractivity contribution in [3.8, 4) is 0 Å².